The normalized spacial score (nSPS) is 11.9. The largest absolute Gasteiger partial charge is 0.494 e. The van der Waals surface area contributed by atoms with Crippen LogP contribution in [0.2, 0.25) is 0 Å². The van der Waals surface area contributed by atoms with Gasteiger partial charge in [-0.1, -0.05) is 30.3 Å². The van der Waals surface area contributed by atoms with Crippen molar-refractivity contribution in [2.75, 3.05) is 18.5 Å². The van der Waals surface area contributed by atoms with Gasteiger partial charge in [0.25, 0.3) is 0 Å². The molecule has 2 aromatic carbocycles. The predicted molar refractivity (Wildman–Crippen MR) is 87.2 cm³/mol. The lowest BCUT2D eigenvalue weighted by atomic mass is 10.1. The van der Waals surface area contributed by atoms with Crippen molar-refractivity contribution >= 4 is 21.6 Å². The third kappa shape index (κ3) is 3.52. The highest BCUT2D eigenvalue weighted by atomic mass is 79.9. The highest BCUT2D eigenvalue weighted by Gasteiger charge is 2.15. The first-order valence-corrected chi connectivity index (χ1v) is 7.48. The van der Waals surface area contributed by atoms with Crippen molar-refractivity contribution in [3.63, 3.8) is 0 Å². The van der Waals surface area contributed by atoms with Crippen LogP contribution in [0.15, 0.2) is 53.0 Å². The van der Waals surface area contributed by atoms with E-state index in [4.69, 9.17) is 10.5 Å². The Hall–Kier alpha value is -1.52. The molecule has 0 saturated heterocycles. The quantitative estimate of drug-likeness (QED) is 0.840. The zero-order valence-corrected chi connectivity index (χ0v) is 13.1. The SMILES string of the molecule is CCOc1ccccc1C(CN)Nc1ccccc1Br. The number of halogens is 1. The number of nitrogens with two attached hydrogens (primary N) is 1. The first-order chi connectivity index (χ1) is 9.76. The van der Waals surface area contributed by atoms with Crippen molar-refractivity contribution in [2.45, 2.75) is 13.0 Å². The Morgan fingerprint density at radius 1 is 1.15 bits per heavy atom. The summed E-state index contributed by atoms with van der Waals surface area (Å²) < 4.78 is 6.70. The summed E-state index contributed by atoms with van der Waals surface area (Å²) in [7, 11) is 0. The summed E-state index contributed by atoms with van der Waals surface area (Å²) in [5, 5.41) is 3.46. The van der Waals surface area contributed by atoms with Crippen LogP contribution >= 0.6 is 15.9 Å². The van der Waals surface area contributed by atoms with E-state index in [-0.39, 0.29) is 6.04 Å². The lowest BCUT2D eigenvalue weighted by Crippen LogP contribution is -2.21. The third-order valence-electron chi connectivity index (χ3n) is 3.03. The topological polar surface area (TPSA) is 47.3 Å². The first kappa shape index (κ1) is 14.9. The van der Waals surface area contributed by atoms with Gasteiger partial charge in [0.15, 0.2) is 0 Å². The second-order valence-corrected chi connectivity index (χ2v) is 5.24. The molecule has 3 N–H and O–H groups in total. The second-order valence-electron chi connectivity index (χ2n) is 4.38. The van der Waals surface area contributed by atoms with Gasteiger partial charge in [0.2, 0.25) is 0 Å². The molecule has 0 aromatic heterocycles. The number of hydrogen-bond donors (Lipinski definition) is 2. The molecule has 0 fully saturated rings. The van der Waals surface area contributed by atoms with Gasteiger partial charge in [0, 0.05) is 22.3 Å². The minimum absolute atomic E-state index is 0.0106. The van der Waals surface area contributed by atoms with E-state index >= 15 is 0 Å². The van der Waals surface area contributed by atoms with Crippen LogP contribution in [-0.4, -0.2) is 13.2 Å². The Morgan fingerprint density at radius 2 is 1.85 bits per heavy atom. The summed E-state index contributed by atoms with van der Waals surface area (Å²) in [5.74, 6) is 0.880. The second kappa shape index (κ2) is 7.31. The molecule has 0 aliphatic rings. The molecule has 2 aromatic rings. The average Bonchev–Trinajstić information content (AvgIpc) is 2.48. The number of benzene rings is 2. The molecule has 106 valence electrons. The maximum Gasteiger partial charge on any atom is 0.124 e. The molecular formula is C16H19BrN2O. The van der Waals surface area contributed by atoms with Gasteiger partial charge in [0.05, 0.1) is 12.6 Å². The van der Waals surface area contributed by atoms with Crippen LogP contribution in [0.1, 0.15) is 18.5 Å². The van der Waals surface area contributed by atoms with Gasteiger partial charge in [-0.25, -0.2) is 0 Å². The molecule has 20 heavy (non-hydrogen) atoms. The van der Waals surface area contributed by atoms with Crippen LogP contribution in [0.5, 0.6) is 5.75 Å². The Labute approximate surface area is 128 Å². The van der Waals surface area contributed by atoms with Gasteiger partial charge < -0.3 is 15.8 Å². The van der Waals surface area contributed by atoms with Crippen LogP contribution in [0.4, 0.5) is 5.69 Å². The number of anilines is 1. The molecule has 0 radical (unpaired) electrons. The zero-order valence-electron chi connectivity index (χ0n) is 11.5. The van der Waals surface area contributed by atoms with Crippen molar-refractivity contribution in [3.8, 4) is 5.75 Å². The van der Waals surface area contributed by atoms with Gasteiger partial charge in [-0.15, -0.1) is 0 Å². The molecule has 0 saturated carbocycles. The zero-order chi connectivity index (χ0) is 14.4. The minimum atomic E-state index is 0.0106. The molecule has 1 atom stereocenters. The van der Waals surface area contributed by atoms with Crippen molar-refractivity contribution in [2.24, 2.45) is 5.73 Å². The van der Waals surface area contributed by atoms with Crippen molar-refractivity contribution in [1.82, 2.24) is 0 Å². The van der Waals surface area contributed by atoms with E-state index in [0.29, 0.717) is 13.2 Å². The Balaban J connectivity index is 2.27. The first-order valence-electron chi connectivity index (χ1n) is 6.69. The number of ether oxygens (including phenoxy) is 1. The van der Waals surface area contributed by atoms with Crippen molar-refractivity contribution in [3.05, 3.63) is 58.6 Å². The Bertz CT molecular complexity index is 560. The van der Waals surface area contributed by atoms with Crippen LogP contribution < -0.4 is 15.8 Å². The van der Waals surface area contributed by atoms with Gasteiger partial charge >= 0.3 is 0 Å². The summed E-state index contributed by atoms with van der Waals surface area (Å²) in [6.45, 7) is 3.12. The van der Waals surface area contributed by atoms with Crippen LogP contribution in [0, 0.1) is 0 Å². The van der Waals surface area contributed by atoms with Crippen molar-refractivity contribution in [1.29, 1.82) is 0 Å². The molecule has 0 amide bonds. The summed E-state index contributed by atoms with van der Waals surface area (Å²) in [5.41, 5.74) is 8.03. The Morgan fingerprint density at radius 3 is 2.55 bits per heavy atom. The lowest BCUT2D eigenvalue weighted by molar-refractivity contribution is 0.335. The molecule has 1 unspecified atom stereocenters. The molecule has 0 aliphatic heterocycles. The maximum absolute atomic E-state index is 5.93. The number of hydrogen-bond acceptors (Lipinski definition) is 3. The van der Waals surface area contributed by atoms with Gasteiger partial charge in [-0.2, -0.15) is 0 Å². The van der Waals surface area contributed by atoms with Crippen LogP contribution in [0.3, 0.4) is 0 Å². The van der Waals surface area contributed by atoms with Gasteiger partial charge in [-0.05, 0) is 41.1 Å². The average molecular weight is 335 g/mol. The molecule has 0 spiro atoms. The molecule has 0 aliphatic carbocycles. The Kier molecular flexibility index (Phi) is 5.44. The van der Waals surface area contributed by atoms with E-state index in [2.05, 4.69) is 21.2 Å². The van der Waals surface area contributed by atoms with Gasteiger partial charge in [0.1, 0.15) is 5.75 Å². The van der Waals surface area contributed by atoms with Crippen molar-refractivity contribution < 1.29 is 4.74 Å². The predicted octanol–water partition coefficient (Wildman–Crippen LogP) is 3.96. The van der Waals surface area contributed by atoms with E-state index in [1.807, 2.05) is 55.5 Å². The molecule has 2 rings (SSSR count). The fourth-order valence-electron chi connectivity index (χ4n) is 2.08. The molecule has 0 heterocycles. The fraction of sp³-hybridized carbons (Fsp3) is 0.250. The van der Waals surface area contributed by atoms with E-state index in [0.717, 1.165) is 21.5 Å². The fourth-order valence-corrected chi connectivity index (χ4v) is 2.48. The smallest absolute Gasteiger partial charge is 0.124 e. The van der Waals surface area contributed by atoms with Gasteiger partial charge in [-0.3, -0.25) is 0 Å². The van der Waals surface area contributed by atoms with E-state index < -0.39 is 0 Å². The third-order valence-corrected chi connectivity index (χ3v) is 3.73. The number of rotatable bonds is 6. The number of nitrogens with one attached hydrogen (secondary N) is 1. The summed E-state index contributed by atoms with van der Waals surface area (Å²) in [4.78, 5) is 0. The maximum atomic E-state index is 5.93. The highest BCUT2D eigenvalue weighted by molar-refractivity contribution is 9.10. The number of para-hydroxylation sites is 2. The monoisotopic (exact) mass is 334 g/mol. The van der Waals surface area contributed by atoms with Crippen LogP contribution in [-0.2, 0) is 0 Å². The molecule has 4 heteroatoms. The lowest BCUT2D eigenvalue weighted by Gasteiger charge is -2.22. The molecular weight excluding hydrogens is 316 g/mol. The summed E-state index contributed by atoms with van der Waals surface area (Å²) >= 11 is 3.54. The highest BCUT2D eigenvalue weighted by Crippen LogP contribution is 2.30. The standard InChI is InChI=1S/C16H19BrN2O/c1-2-20-16-10-6-3-7-12(16)15(11-18)19-14-9-5-4-8-13(14)17/h3-10,15,19H,2,11,18H2,1H3. The summed E-state index contributed by atoms with van der Waals surface area (Å²) in [6, 6.07) is 16.0. The molecule has 0 bridgehead atoms. The minimum Gasteiger partial charge on any atom is -0.494 e. The van der Waals surface area contributed by atoms with Crippen LogP contribution in [0.25, 0.3) is 0 Å². The van der Waals surface area contributed by atoms with E-state index in [1.54, 1.807) is 0 Å². The molecule has 3 nitrogen and oxygen atoms in total. The van der Waals surface area contributed by atoms with E-state index in [1.165, 1.54) is 0 Å². The van der Waals surface area contributed by atoms with E-state index in [9.17, 15) is 0 Å². The summed E-state index contributed by atoms with van der Waals surface area (Å²) in [6.07, 6.45) is 0.